The van der Waals surface area contributed by atoms with Crippen LogP contribution in [0.5, 0.6) is 0 Å². The summed E-state index contributed by atoms with van der Waals surface area (Å²) in [6.07, 6.45) is 1.88. The van der Waals surface area contributed by atoms with Gasteiger partial charge in [-0.2, -0.15) is 0 Å². The summed E-state index contributed by atoms with van der Waals surface area (Å²) < 4.78 is 0. The van der Waals surface area contributed by atoms with E-state index >= 15 is 0 Å². The highest BCUT2D eigenvalue weighted by Crippen LogP contribution is 2.30. The predicted molar refractivity (Wildman–Crippen MR) is 88.9 cm³/mol. The Kier molecular flexibility index (Phi) is 3.59. The Morgan fingerprint density at radius 1 is 1.00 bits per heavy atom. The fourth-order valence-electron chi connectivity index (χ4n) is 2.56. The minimum absolute atomic E-state index is 0.502. The Hall–Kier alpha value is -2.39. The summed E-state index contributed by atoms with van der Waals surface area (Å²) in [6, 6.07) is 16.7. The van der Waals surface area contributed by atoms with E-state index in [-0.39, 0.29) is 0 Å². The topological polar surface area (TPSA) is 42.2 Å². The van der Waals surface area contributed by atoms with Crippen molar-refractivity contribution >= 4 is 22.3 Å². The van der Waals surface area contributed by atoms with Gasteiger partial charge in [-0.3, -0.25) is 0 Å². The highest BCUT2D eigenvalue weighted by molar-refractivity contribution is 5.95. The van der Waals surface area contributed by atoms with Crippen molar-refractivity contribution in [2.45, 2.75) is 13.5 Å². The normalized spacial score (nSPS) is 10.8. The van der Waals surface area contributed by atoms with Gasteiger partial charge in [0.1, 0.15) is 5.82 Å². The van der Waals surface area contributed by atoms with Gasteiger partial charge in [0.05, 0.1) is 0 Å². The van der Waals surface area contributed by atoms with Crippen LogP contribution in [0.3, 0.4) is 0 Å². The third-order valence-corrected chi connectivity index (χ3v) is 3.82. The minimum Gasteiger partial charge on any atom is -0.329 e. The van der Waals surface area contributed by atoms with E-state index in [1.54, 1.807) is 0 Å². The lowest BCUT2D eigenvalue weighted by Crippen LogP contribution is -2.12. The number of rotatable bonds is 3. The second-order valence-electron chi connectivity index (χ2n) is 5.25. The van der Waals surface area contributed by atoms with Crippen LogP contribution >= 0.6 is 0 Å². The maximum atomic E-state index is 5.82. The van der Waals surface area contributed by atoms with Crippen LogP contribution in [0.1, 0.15) is 11.1 Å². The quantitative estimate of drug-likeness (QED) is 0.792. The molecule has 3 heteroatoms. The molecule has 0 aliphatic carbocycles. The average molecular weight is 277 g/mol. The summed E-state index contributed by atoms with van der Waals surface area (Å²) in [7, 11) is 2.04. The number of fused-ring (bicyclic) bond motifs is 1. The SMILES string of the molecule is Cc1ccc(N(C)c2ncc(CN)c3ccccc23)cc1. The van der Waals surface area contributed by atoms with Gasteiger partial charge in [-0.05, 0) is 30.0 Å². The van der Waals surface area contributed by atoms with Crippen LogP contribution in [0.4, 0.5) is 11.5 Å². The Labute approximate surface area is 125 Å². The summed E-state index contributed by atoms with van der Waals surface area (Å²) in [6.45, 7) is 2.59. The Morgan fingerprint density at radius 3 is 2.33 bits per heavy atom. The maximum Gasteiger partial charge on any atom is 0.140 e. The molecule has 21 heavy (non-hydrogen) atoms. The largest absolute Gasteiger partial charge is 0.329 e. The van der Waals surface area contributed by atoms with Gasteiger partial charge < -0.3 is 10.6 Å². The molecule has 0 amide bonds. The lowest BCUT2D eigenvalue weighted by atomic mass is 10.1. The number of anilines is 2. The summed E-state index contributed by atoms with van der Waals surface area (Å²) in [5, 5.41) is 2.30. The molecule has 0 fully saturated rings. The molecule has 1 aromatic heterocycles. The van der Waals surface area contributed by atoms with E-state index in [4.69, 9.17) is 5.73 Å². The van der Waals surface area contributed by atoms with Crippen LogP contribution < -0.4 is 10.6 Å². The van der Waals surface area contributed by atoms with Crippen LogP contribution in [0.2, 0.25) is 0 Å². The molecule has 0 saturated carbocycles. The Balaban J connectivity index is 2.14. The van der Waals surface area contributed by atoms with Crippen LogP contribution in [0.15, 0.2) is 54.7 Å². The summed E-state index contributed by atoms with van der Waals surface area (Å²) in [5.41, 5.74) is 9.27. The van der Waals surface area contributed by atoms with Gasteiger partial charge in [0.25, 0.3) is 0 Å². The molecule has 0 spiro atoms. The summed E-state index contributed by atoms with van der Waals surface area (Å²) in [4.78, 5) is 6.74. The van der Waals surface area contributed by atoms with Crippen LogP contribution in [0, 0.1) is 6.92 Å². The first-order valence-electron chi connectivity index (χ1n) is 7.08. The zero-order chi connectivity index (χ0) is 14.8. The molecule has 0 aliphatic rings. The van der Waals surface area contributed by atoms with Crippen LogP contribution in [-0.2, 0) is 6.54 Å². The predicted octanol–water partition coefficient (Wildman–Crippen LogP) is 3.77. The molecule has 0 radical (unpaired) electrons. The van der Waals surface area contributed by atoms with Gasteiger partial charge in [0.2, 0.25) is 0 Å². The molecule has 2 N–H and O–H groups in total. The number of hydrogen-bond acceptors (Lipinski definition) is 3. The van der Waals surface area contributed by atoms with E-state index in [1.165, 1.54) is 10.9 Å². The van der Waals surface area contributed by atoms with Gasteiger partial charge in [-0.15, -0.1) is 0 Å². The molecule has 1 heterocycles. The Bertz CT molecular complexity index is 763. The molecule has 0 bridgehead atoms. The zero-order valence-electron chi connectivity index (χ0n) is 12.4. The van der Waals surface area contributed by atoms with E-state index in [0.29, 0.717) is 6.54 Å². The highest BCUT2D eigenvalue weighted by Gasteiger charge is 2.11. The lowest BCUT2D eigenvalue weighted by molar-refractivity contribution is 1.05. The van der Waals surface area contributed by atoms with Crippen molar-refractivity contribution in [3.8, 4) is 0 Å². The van der Waals surface area contributed by atoms with Crippen molar-refractivity contribution in [3.63, 3.8) is 0 Å². The van der Waals surface area contributed by atoms with Crippen molar-refractivity contribution in [2.75, 3.05) is 11.9 Å². The van der Waals surface area contributed by atoms with Crippen molar-refractivity contribution < 1.29 is 0 Å². The molecule has 3 nitrogen and oxygen atoms in total. The number of nitrogens with two attached hydrogens (primary N) is 1. The smallest absolute Gasteiger partial charge is 0.140 e. The van der Waals surface area contributed by atoms with Crippen molar-refractivity contribution in [3.05, 3.63) is 65.9 Å². The first-order valence-corrected chi connectivity index (χ1v) is 7.08. The van der Waals surface area contributed by atoms with Crippen molar-refractivity contribution in [1.29, 1.82) is 0 Å². The summed E-state index contributed by atoms with van der Waals surface area (Å²) >= 11 is 0. The second-order valence-corrected chi connectivity index (χ2v) is 5.25. The van der Waals surface area contributed by atoms with Crippen LogP contribution in [-0.4, -0.2) is 12.0 Å². The lowest BCUT2D eigenvalue weighted by Gasteiger charge is -2.21. The monoisotopic (exact) mass is 277 g/mol. The van der Waals surface area contributed by atoms with Gasteiger partial charge in [0.15, 0.2) is 0 Å². The third-order valence-electron chi connectivity index (χ3n) is 3.82. The number of nitrogens with zero attached hydrogens (tertiary/aromatic N) is 2. The van der Waals surface area contributed by atoms with E-state index in [9.17, 15) is 0 Å². The van der Waals surface area contributed by atoms with E-state index in [1.807, 2.05) is 25.4 Å². The highest BCUT2D eigenvalue weighted by atomic mass is 15.2. The number of hydrogen-bond donors (Lipinski definition) is 1. The van der Waals surface area contributed by atoms with Crippen LogP contribution in [0.25, 0.3) is 10.8 Å². The van der Waals surface area contributed by atoms with Crippen molar-refractivity contribution in [2.24, 2.45) is 5.73 Å². The standard InChI is InChI=1S/C18H19N3/c1-13-7-9-15(10-8-13)21(2)18-17-6-4-3-5-16(17)14(11-19)12-20-18/h3-10,12H,11,19H2,1-2H3. The van der Waals surface area contributed by atoms with E-state index in [0.717, 1.165) is 22.5 Å². The number of pyridine rings is 1. The molecule has 0 unspecified atom stereocenters. The molecule has 0 aliphatic heterocycles. The molecule has 106 valence electrons. The number of aryl methyl sites for hydroxylation is 1. The molecular formula is C18H19N3. The van der Waals surface area contributed by atoms with Gasteiger partial charge in [-0.1, -0.05) is 42.0 Å². The fraction of sp³-hybridized carbons (Fsp3) is 0.167. The molecule has 3 rings (SSSR count). The van der Waals surface area contributed by atoms with E-state index in [2.05, 4.69) is 53.2 Å². The zero-order valence-corrected chi connectivity index (χ0v) is 12.4. The van der Waals surface area contributed by atoms with E-state index < -0.39 is 0 Å². The molecule has 0 atom stereocenters. The molecule has 2 aromatic carbocycles. The maximum absolute atomic E-state index is 5.82. The van der Waals surface area contributed by atoms with Gasteiger partial charge >= 0.3 is 0 Å². The van der Waals surface area contributed by atoms with Gasteiger partial charge in [-0.25, -0.2) is 4.98 Å². The molecule has 3 aromatic rings. The third kappa shape index (κ3) is 2.48. The van der Waals surface area contributed by atoms with Crippen molar-refractivity contribution in [1.82, 2.24) is 4.98 Å². The molecular weight excluding hydrogens is 258 g/mol. The number of benzene rings is 2. The number of aromatic nitrogens is 1. The fourth-order valence-corrected chi connectivity index (χ4v) is 2.56. The molecule has 0 saturated heterocycles. The minimum atomic E-state index is 0.502. The second kappa shape index (κ2) is 5.54. The summed E-state index contributed by atoms with van der Waals surface area (Å²) in [5.74, 6) is 0.951. The van der Waals surface area contributed by atoms with Gasteiger partial charge in [0, 0.05) is 30.9 Å². The first kappa shape index (κ1) is 13.6. The Morgan fingerprint density at radius 2 is 1.67 bits per heavy atom. The first-order chi connectivity index (χ1) is 10.2. The average Bonchev–Trinajstić information content (AvgIpc) is 2.54.